The van der Waals surface area contributed by atoms with Gasteiger partial charge in [-0.2, -0.15) is 5.10 Å². The Kier molecular flexibility index (Phi) is 2.88. The first kappa shape index (κ1) is 11.9. The molecule has 0 aliphatic carbocycles. The first-order valence-electron chi connectivity index (χ1n) is 5.13. The fraction of sp³-hybridized carbons (Fsp3) is 0.182. The molecule has 0 unspecified atom stereocenters. The molecular weight excluding hydrogens is 236 g/mol. The van der Waals surface area contributed by atoms with Gasteiger partial charge >= 0.3 is 5.97 Å². The number of aromatic nitrogens is 4. The van der Waals surface area contributed by atoms with Crippen LogP contribution >= 0.6 is 0 Å². The highest BCUT2D eigenvalue weighted by Crippen LogP contribution is 2.14. The molecule has 18 heavy (non-hydrogen) atoms. The lowest BCUT2D eigenvalue weighted by Gasteiger charge is -2.03. The maximum atomic E-state index is 11.2. The van der Waals surface area contributed by atoms with E-state index >= 15 is 0 Å². The van der Waals surface area contributed by atoms with Crippen LogP contribution in [0.2, 0.25) is 0 Å². The van der Waals surface area contributed by atoms with Crippen LogP contribution in [0, 0.1) is 13.8 Å². The van der Waals surface area contributed by atoms with Crippen molar-refractivity contribution in [2.75, 3.05) is 0 Å². The highest BCUT2D eigenvalue weighted by molar-refractivity contribution is 5.88. The van der Waals surface area contributed by atoms with E-state index in [4.69, 9.17) is 5.11 Å². The van der Waals surface area contributed by atoms with Crippen molar-refractivity contribution in [2.24, 2.45) is 0 Å². The normalized spacial score (nSPS) is 10.3. The third-order valence-corrected chi connectivity index (χ3v) is 2.26. The van der Waals surface area contributed by atoms with Gasteiger partial charge in [-0.3, -0.25) is 4.79 Å². The fourth-order valence-electron chi connectivity index (χ4n) is 1.54. The molecule has 0 amide bonds. The van der Waals surface area contributed by atoms with Crippen LogP contribution in [0.3, 0.4) is 0 Å². The summed E-state index contributed by atoms with van der Waals surface area (Å²) in [5.41, 5.74) is 0.393. The van der Waals surface area contributed by atoms with Crippen molar-refractivity contribution in [3.8, 4) is 11.4 Å². The zero-order valence-electron chi connectivity index (χ0n) is 9.76. The second-order valence-electron chi connectivity index (χ2n) is 3.74. The topological polar surface area (TPSA) is 109 Å². The average molecular weight is 246 g/mol. The van der Waals surface area contributed by atoms with E-state index in [0.29, 0.717) is 17.2 Å². The Balaban J connectivity index is 2.61. The molecule has 0 radical (unpaired) electrons. The summed E-state index contributed by atoms with van der Waals surface area (Å²) < 4.78 is 0. The lowest BCUT2D eigenvalue weighted by molar-refractivity contribution is 0.0694. The largest absolute Gasteiger partial charge is 0.477 e. The summed E-state index contributed by atoms with van der Waals surface area (Å²) >= 11 is 0. The van der Waals surface area contributed by atoms with E-state index in [1.54, 1.807) is 19.9 Å². The van der Waals surface area contributed by atoms with Crippen LogP contribution in [0.4, 0.5) is 0 Å². The average Bonchev–Trinajstić information content (AvgIpc) is 2.27. The Morgan fingerprint density at radius 2 is 1.94 bits per heavy atom. The van der Waals surface area contributed by atoms with Crippen molar-refractivity contribution in [3.05, 3.63) is 39.6 Å². The number of aryl methyl sites for hydroxylation is 2. The van der Waals surface area contributed by atoms with Gasteiger partial charge in [-0.05, 0) is 26.0 Å². The molecule has 0 saturated heterocycles. The van der Waals surface area contributed by atoms with Crippen molar-refractivity contribution >= 4 is 5.97 Å². The second-order valence-corrected chi connectivity index (χ2v) is 3.74. The second kappa shape index (κ2) is 4.36. The Bertz CT molecular complexity index is 658. The number of carboxylic acids is 1. The van der Waals surface area contributed by atoms with Gasteiger partial charge in [0.25, 0.3) is 5.56 Å². The third kappa shape index (κ3) is 2.24. The molecule has 7 nitrogen and oxygen atoms in total. The van der Waals surface area contributed by atoms with Gasteiger partial charge in [0, 0.05) is 5.69 Å². The van der Waals surface area contributed by atoms with Crippen LogP contribution in [0.5, 0.6) is 0 Å². The monoisotopic (exact) mass is 246 g/mol. The number of aromatic amines is 1. The number of hydrogen-bond acceptors (Lipinski definition) is 5. The highest BCUT2D eigenvalue weighted by atomic mass is 16.4. The summed E-state index contributed by atoms with van der Waals surface area (Å²) in [6, 6.07) is 2.86. The first-order chi connectivity index (χ1) is 8.47. The molecule has 0 spiro atoms. The van der Waals surface area contributed by atoms with E-state index in [1.807, 2.05) is 0 Å². The molecule has 2 N–H and O–H groups in total. The number of nitrogens with zero attached hydrogens (tertiary/aromatic N) is 3. The molecule has 0 aliphatic heterocycles. The third-order valence-electron chi connectivity index (χ3n) is 2.26. The summed E-state index contributed by atoms with van der Waals surface area (Å²) in [4.78, 5) is 30.4. The van der Waals surface area contributed by atoms with Gasteiger partial charge in [0.2, 0.25) is 0 Å². The predicted octanol–water partition coefficient (Wildman–Crippen LogP) is 0.542. The number of aromatic carboxylic acids is 1. The van der Waals surface area contributed by atoms with Gasteiger partial charge in [0.1, 0.15) is 17.1 Å². The van der Waals surface area contributed by atoms with E-state index in [1.165, 1.54) is 6.07 Å². The molecule has 92 valence electrons. The standard InChI is InChI=1S/C11H10N4O3/c1-5-3-8(13-6(2)12-5)9-4-7(11(17)18)10(16)15-14-9/h3-4H,1-2H3,(H,15,16)(H,17,18). The van der Waals surface area contributed by atoms with Gasteiger partial charge in [-0.1, -0.05) is 0 Å². The number of rotatable bonds is 2. The number of hydrogen-bond donors (Lipinski definition) is 2. The maximum Gasteiger partial charge on any atom is 0.341 e. The van der Waals surface area contributed by atoms with Crippen molar-refractivity contribution in [1.82, 2.24) is 20.2 Å². The minimum atomic E-state index is -1.30. The summed E-state index contributed by atoms with van der Waals surface area (Å²) in [5.74, 6) is -0.753. The van der Waals surface area contributed by atoms with E-state index in [9.17, 15) is 9.59 Å². The summed E-state index contributed by atoms with van der Waals surface area (Å²) in [6.45, 7) is 3.52. The maximum absolute atomic E-state index is 11.2. The smallest absolute Gasteiger partial charge is 0.341 e. The van der Waals surface area contributed by atoms with E-state index in [-0.39, 0.29) is 5.56 Å². The minimum absolute atomic E-state index is 0.292. The van der Waals surface area contributed by atoms with Gasteiger partial charge in [-0.25, -0.2) is 19.9 Å². The predicted molar refractivity (Wildman–Crippen MR) is 62.3 cm³/mol. The Morgan fingerprint density at radius 3 is 2.56 bits per heavy atom. The SMILES string of the molecule is Cc1cc(-c2cc(C(=O)O)c(=O)[nH]n2)nc(C)n1. The van der Waals surface area contributed by atoms with Gasteiger partial charge in [-0.15, -0.1) is 0 Å². The molecule has 2 heterocycles. The molecule has 2 aromatic heterocycles. The van der Waals surface area contributed by atoms with Crippen molar-refractivity contribution in [1.29, 1.82) is 0 Å². The minimum Gasteiger partial charge on any atom is -0.477 e. The molecule has 2 aromatic rings. The van der Waals surface area contributed by atoms with E-state index in [2.05, 4.69) is 20.2 Å². The Labute approximate surface area is 102 Å². The van der Waals surface area contributed by atoms with Crippen LogP contribution in [0.25, 0.3) is 11.4 Å². The van der Waals surface area contributed by atoms with Crippen molar-refractivity contribution in [3.63, 3.8) is 0 Å². The van der Waals surface area contributed by atoms with E-state index < -0.39 is 11.5 Å². The Morgan fingerprint density at radius 1 is 1.22 bits per heavy atom. The number of H-pyrrole nitrogens is 1. The lowest BCUT2D eigenvalue weighted by atomic mass is 10.2. The van der Waals surface area contributed by atoms with Crippen LogP contribution in [-0.4, -0.2) is 31.2 Å². The first-order valence-corrected chi connectivity index (χ1v) is 5.13. The fourth-order valence-corrected chi connectivity index (χ4v) is 1.54. The number of carbonyl (C=O) groups is 1. The molecule has 0 aliphatic rings. The molecule has 0 fully saturated rings. The zero-order valence-corrected chi connectivity index (χ0v) is 9.76. The van der Waals surface area contributed by atoms with Gasteiger partial charge in [0.05, 0.1) is 5.69 Å². The van der Waals surface area contributed by atoms with Gasteiger partial charge < -0.3 is 5.11 Å². The summed E-state index contributed by atoms with van der Waals surface area (Å²) in [7, 11) is 0. The van der Waals surface area contributed by atoms with E-state index in [0.717, 1.165) is 5.69 Å². The molecule has 0 bridgehead atoms. The van der Waals surface area contributed by atoms with Gasteiger partial charge in [0.15, 0.2) is 0 Å². The van der Waals surface area contributed by atoms with Crippen LogP contribution in [-0.2, 0) is 0 Å². The van der Waals surface area contributed by atoms with Crippen molar-refractivity contribution in [2.45, 2.75) is 13.8 Å². The highest BCUT2D eigenvalue weighted by Gasteiger charge is 2.12. The quantitative estimate of drug-likeness (QED) is 0.800. The molecule has 0 atom stereocenters. The number of carboxylic acid groups (broad SMARTS) is 1. The molecule has 7 heteroatoms. The van der Waals surface area contributed by atoms with Crippen LogP contribution < -0.4 is 5.56 Å². The van der Waals surface area contributed by atoms with Crippen LogP contribution in [0.15, 0.2) is 16.9 Å². The molecule has 0 aromatic carbocycles. The molecular formula is C11H10N4O3. The molecule has 2 rings (SSSR count). The summed E-state index contributed by atoms with van der Waals surface area (Å²) in [6.07, 6.45) is 0. The van der Waals surface area contributed by atoms with Crippen LogP contribution in [0.1, 0.15) is 21.9 Å². The Hall–Kier alpha value is -2.57. The summed E-state index contributed by atoms with van der Waals surface area (Å²) in [5, 5.41) is 14.8. The lowest BCUT2D eigenvalue weighted by Crippen LogP contribution is -2.19. The number of nitrogens with one attached hydrogen (secondary N) is 1. The zero-order chi connectivity index (χ0) is 13.3. The van der Waals surface area contributed by atoms with Crippen molar-refractivity contribution < 1.29 is 9.90 Å². The molecule has 0 saturated carbocycles.